The third-order valence-corrected chi connectivity index (χ3v) is 9.56. The van der Waals surface area contributed by atoms with Crippen molar-refractivity contribution >= 4 is 68.2 Å². The summed E-state index contributed by atoms with van der Waals surface area (Å²) in [6.07, 6.45) is 6.21. The molecule has 0 N–H and O–H groups in total. The molecule has 1 fully saturated rings. The van der Waals surface area contributed by atoms with Gasteiger partial charge in [0.1, 0.15) is 15.8 Å². The minimum absolute atomic E-state index is 0.102. The third kappa shape index (κ3) is 6.45. The highest BCUT2D eigenvalue weighted by atomic mass is 35.5. The molecular formula is C27H35ClN2O4S3. The summed E-state index contributed by atoms with van der Waals surface area (Å²) in [5.74, 6) is 2.21. The Morgan fingerprint density at radius 2 is 1.81 bits per heavy atom. The van der Waals surface area contributed by atoms with E-state index in [1.54, 1.807) is 16.2 Å². The Labute approximate surface area is 238 Å². The number of halogens is 1. The van der Waals surface area contributed by atoms with Gasteiger partial charge in [-0.1, -0.05) is 50.7 Å². The SMILES string of the molecule is CN(C)c1cc2c(s1)-c1oc(/C=C3\SC(=S)N(CCOCCOCCCCCCCl)C3=O)cc1C2(C)C. The molecule has 0 aromatic carbocycles. The summed E-state index contributed by atoms with van der Waals surface area (Å²) in [6.45, 7) is 7.07. The molecule has 202 valence electrons. The number of rotatable bonds is 14. The lowest BCUT2D eigenvalue weighted by Gasteiger charge is -2.18. The molecule has 0 saturated carbocycles. The van der Waals surface area contributed by atoms with Crippen molar-refractivity contribution in [2.75, 3.05) is 57.8 Å². The number of ether oxygens (including phenoxy) is 2. The van der Waals surface area contributed by atoms with Crippen LogP contribution >= 0.6 is 46.9 Å². The molecule has 6 nitrogen and oxygen atoms in total. The Hall–Kier alpha value is -1.36. The van der Waals surface area contributed by atoms with Crippen molar-refractivity contribution in [1.29, 1.82) is 0 Å². The molecule has 3 heterocycles. The van der Waals surface area contributed by atoms with Gasteiger partial charge < -0.3 is 18.8 Å². The number of alkyl halides is 1. The average molecular weight is 583 g/mol. The molecule has 1 saturated heterocycles. The first-order chi connectivity index (χ1) is 17.7. The van der Waals surface area contributed by atoms with E-state index in [9.17, 15) is 4.79 Å². The number of thioether (sulfide) groups is 1. The van der Waals surface area contributed by atoms with Crippen LogP contribution in [-0.4, -0.2) is 68.1 Å². The van der Waals surface area contributed by atoms with Crippen LogP contribution < -0.4 is 4.90 Å². The molecule has 1 amide bonds. The molecule has 0 radical (unpaired) electrons. The Bertz CT molecular complexity index is 1150. The zero-order valence-corrected chi connectivity index (χ0v) is 25.1. The van der Waals surface area contributed by atoms with Gasteiger partial charge in [0.25, 0.3) is 5.91 Å². The monoisotopic (exact) mass is 582 g/mol. The highest BCUT2D eigenvalue weighted by Gasteiger charge is 2.41. The van der Waals surface area contributed by atoms with Crippen molar-refractivity contribution in [3.8, 4) is 10.6 Å². The van der Waals surface area contributed by atoms with E-state index in [4.69, 9.17) is 37.7 Å². The fraction of sp³-hybridized carbons (Fsp3) is 0.556. The number of nitrogens with zero attached hydrogens (tertiary/aromatic N) is 2. The van der Waals surface area contributed by atoms with E-state index in [0.717, 1.165) is 49.5 Å². The number of hydrogen-bond acceptors (Lipinski definition) is 8. The van der Waals surface area contributed by atoms with Crippen molar-refractivity contribution in [1.82, 2.24) is 4.90 Å². The molecule has 0 atom stereocenters. The summed E-state index contributed by atoms with van der Waals surface area (Å²) < 4.78 is 18.1. The summed E-state index contributed by atoms with van der Waals surface area (Å²) in [4.78, 5) is 18.5. The number of furan rings is 1. The predicted octanol–water partition coefficient (Wildman–Crippen LogP) is 6.75. The summed E-state index contributed by atoms with van der Waals surface area (Å²) in [5.41, 5.74) is 2.31. The van der Waals surface area contributed by atoms with Crippen LogP contribution in [0, 0.1) is 0 Å². The molecule has 10 heteroatoms. The van der Waals surface area contributed by atoms with E-state index in [1.165, 1.54) is 27.2 Å². The summed E-state index contributed by atoms with van der Waals surface area (Å²) >= 11 is 14.2. The number of thiocarbonyl (C=S) groups is 1. The molecule has 2 aromatic rings. The maximum atomic E-state index is 13.0. The highest BCUT2D eigenvalue weighted by molar-refractivity contribution is 8.26. The molecule has 0 bridgehead atoms. The van der Waals surface area contributed by atoms with E-state index in [1.807, 2.05) is 6.08 Å². The van der Waals surface area contributed by atoms with Crippen LogP contribution in [0.3, 0.4) is 0 Å². The van der Waals surface area contributed by atoms with Gasteiger partial charge >= 0.3 is 0 Å². The molecule has 37 heavy (non-hydrogen) atoms. The van der Waals surface area contributed by atoms with Crippen molar-refractivity contribution in [3.63, 3.8) is 0 Å². The van der Waals surface area contributed by atoms with Gasteiger partial charge in [-0.25, -0.2) is 0 Å². The van der Waals surface area contributed by atoms with Crippen molar-refractivity contribution in [2.45, 2.75) is 44.9 Å². The van der Waals surface area contributed by atoms with Crippen LogP contribution in [0.1, 0.15) is 56.4 Å². The number of anilines is 1. The lowest BCUT2D eigenvalue weighted by Crippen LogP contribution is -2.31. The van der Waals surface area contributed by atoms with E-state index in [-0.39, 0.29) is 11.3 Å². The molecule has 4 rings (SSSR count). The molecule has 1 aliphatic heterocycles. The first-order valence-corrected chi connectivity index (χ1v) is 15.2. The molecule has 1 aliphatic carbocycles. The normalized spacial score (nSPS) is 17.2. The van der Waals surface area contributed by atoms with E-state index in [2.05, 4.69) is 45.0 Å². The Morgan fingerprint density at radius 3 is 2.54 bits per heavy atom. The lowest BCUT2D eigenvalue weighted by molar-refractivity contribution is -0.122. The zero-order valence-electron chi connectivity index (χ0n) is 21.9. The highest BCUT2D eigenvalue weighted by Crippen LogP contribution is 2.55. The number of amides is 1. The Morgan fingerprint density at radius 1 is 1.08 bits per heavy atom. The van der Waals surface area contributed by atoms with Crippen LogP contribution in [0.2, 0.25) is 0 Å². The van der Waals surface area contributed by atoms with E-state index >= 15 is 0 Å². The molecular weight excluding hydrogens is 548 g/mol. The van der Waals surface area contributed by atoms with Crippen LogP contribution in [-0.2, 0) is 19.7 Å². The second-order valence-electron chi connectivity index (χ2n) is 9.90. The standard InChI is InChI=1S/C27H35ClN2O4S3/c1-27(2)19-15-18(34-23(19)24-20(27)17-22(37-24)29(3)4)16-21-25(31)30(26(35)36-21)10-12-33-14-13-32-11-8-6-5-7-9-28/h15-17H,5-14H2,1-4H3/b21-16-. The predicted molar refractivity (Wildman–Crippen MR) is 159 cm³/mol. The molecule has 2 aliphatic rings. The lowest BCUT2D eigenvalue weighted by atomic mass is 9.84. The molecule has 0 unspecified atom stereocenters. The summed E-state index contributed by atoms with van der Waals surface area (Å²) in [7, 11) is 4.10. The zero-order chi connectivity index (χ0) is 26.6. The van der Waals surface area contributed by atoms with Gasteiger partial charge in [0, 0.05) is 43.6 Å². The number of unbranched alkanes of at least 4 members (excludes halogenated alkanes) is 3. The van der Waals surface area contributed by atoms with Crippen molar-refractivity contribution in [3.05, 3.63) is 33.9 Å². The van der Waals surface area contributed by atoms with Gasteiger partial charge in [0.2, 0.25) is 0 Å². The van der Waals surface area contributed by atoms with Crippen LogP contribution in [0.4, 0.5) is 5.00 Å². The Balaban J connectivity index is 1.28. The van der Waals surface area contributed by atoms with Crippen LogP contribution in [0.15, 0.2) is 21.5 Å². The van der Waals surface area contributed by atoms with Gasteiger partial charge in [-0.3, -0.25) is 9.69 Å². The van der Waals surface area contributed by atoms with E-state index in [0.29, 0.717) is 41.4 Å². The average Bonchev–Trinajstić information content (AvgIpc) is 3.58. The maximum Gasteiger partial charge on any atom is 0.266 e. The van der Waals surface area contributed by atoms with Gasteiger partial charge in [-0.05, 0) is 30.5 Å². The smallest absolute Gasteiger partial charge is 0.266 e. The van der Waals surface area contributed by atoms with Crippen molar-refractivity contribution < 1.29 is 18.7 Å². The van der Waals surface area contributed by atoms with Gasteiger partial charge in [0.05, 0.1) is 41.1 Å². The number of carbonyl (C=O) groups excluding carboxylic acids is 1. The maximum absolute atomic E-state index is 13.0. The minimum atomic E-state index is -0.144. The summed E-state index contributed by atoms with van der Waals surface area (Å²) in [5, 5.41) is 1.20. The van der Waals surface area contributed by atoms with Gasteiger partial charge in [-0.15, -0.1) is 22.9 Å². The van der Waals surface area contributed by atoms with Crippen molar-refractivity contribution in [2.24, 2.45) is 0 Å². The van der Waals surface area contributed by atoms with Gasteiger partial charge in [0.15, 0.2) is 0 Å². The quantitative estimate of drug-likeness (QED) is 0.106. The van der Waals surface area contributed by atoms with E-state index < -0.39 is 0 Å². The molecule has 2 aromatic heterocycles. The molecule has 0 spiro atoms. The van der Waals surface area contributed by atoms with Gasteiger partial charge in [-0.2, -0.15) is 0 Å². The fourth-order valence-corrected chi connectivity index (χ4v) is 7.16. The second kappa shape index (κ2) is 12.7. The van der Waals surface area contributed by atoms with Crippen LogP contribution in [0.25, 0.3) is 16.7 Å². The first-order valence-electron chi connectivity index (χ1n) is 12.7. The first kappa shape index (κ1) is 28.6. The summed E-state index contributed by atoms with van der Waals surface area (Å²) in [6, 6.07) is 4.31. The topological polar surface area (TPSA) is 55.2 Å². The van der Waals surface area contributed by atoms with Crippen LogP contribution in [0.5, 0.6) is 0 Å². The minimum Gasteiger partial charge on any atom is -0.455 e. The number of hydrogen-bond donors (Lipinski definition) is 0. The largest absolute Gasteiger partial charge is 0.455 e. The number of fused-ring (bicyclic) bond motifs is 3. The second-order valence-corrected chi connectivity index (χ2v) is 13.0. The number of thiophene rings is 1. The third-order valence-electron chi connectivity index (χ3n) is 6.61. The number of carbonyl (C=O) groups is 1. The fourth-order valence-electron chi connectivity index (χ4n) is 4.44. The Kier molecular flexibility index (Phi) is 9.80.